The number of methoxy groups -OCH3 is 1. The molecule has 1 amide bonds. The van der Waals surface area contributed by atoms with Gasteiger partial charge in [-0.1, -0.05) is 18.2 Å². The summed E-state index contributed by atoms with van der Waals surface area (Å²) in [6.45, 7) is 1.15. The number of aromatic nitrogens is 2. The monoisotopic (exact) mass is 373 g/mol. The van der Waals surface area contributed by atoms with Crippen molar-refractivity contribution in [3.05, 3.63) is 42.2 Å². The summed E-state index contributed by atoms with van der Waals surface area (Å²) in [6, 6.07) is 9.35. The Morgan fingerprint density at radius 1 is 1.33 bits per heavy atom. The maximum atomic E-state index is 12.6. The molecule has 144 valence electrons. The number of carboxylic acids is 1. The molecule has 1 saturated heterocycles. The third-order valence-electron chi connectivity index (χ3n) is 4.77. The fourth-order valence-electron chi connectivity index (χ4n) is 3.24. The van der Waals surface area contributed by atoms with Gasteiger partial charge in [-0.3, -0.25) is 9.59 Å². The fourth-order valence-corrected chi connectivity index (χ4v) is 3.24. The van der Waals surface area contributed by atoms with Crippen molar-refractivity contribution in [2.24, 2.45) is 11.8 Å². The number of nitrogens with zero attached hydrogens (tertiary/aromatic N) is 2. The van der Waals surface area contributed by atoms with Gasteiger partial charge in [0.1, 0.15) is 0 Å². The van der Waals surface area contributed by atoms with Gasteiger partial charge in [0.2, 0.25) is 0 Å². The molecule has 8 nitrogen and oxygen atoms in total. The van der Waals surface area contributed by atoms with E-state index in [1.165, 1.54) is 7.11 Å². The SMILES string of the molecule is COc1cn(-c2ccccc2)nc1C(=O)NCC(C(=O)O)C1CCOCC1. The Hall–Kier alpha value is -2.87. The first-order chi connectivity index (χ1) is 13.1. The van der Waals surface area contributed by atoms with E-state index in [0.717, 1.165) is 5.69 Å². The van der Waals surface area contributed by atoms with Crippen LogP contribution in [-0.2, 0) is 9.53 Å². The van der Waals surface area contributed by atoms with E-state index in [0.29, 0.717) is 31.8 Å². The van der Waals surface area contributed by atoms with E-state index in [1.807, 2.05) is 30.3 Å². The Morgan fingerprint density at radius 2 is 2.04 bits per heavy atom. The third kappa shape index (κ3) is 4.46. The van der Waals surface area contributed by atoms with Crippen LogP contribution in [0.3, 0.4) is 0 Å². The summed E-state index contributed by atoms with van der Waals surface area (Å²) in [7, 11) is 1.46. The number of carbonyl (C=O) groups is 2. The van der Waals surface area contributed by atoms with Gasteiger partial charge in [-0.15, -0.1) is 0 Å². The minimum Gasteiger partial charge on any atom is -0.493 e. The molecule has 2 aromatic rings. The molecule has 1 aliphatic rings. The van der Waals surface area contributed by atoms with Crippen LogP contribution >= 0.6 is 0 Å². The van der Waals surface area contributed by atoms with Crippen molar-refractivity contribution in [1.82, 2.24) is 15.1 Å². The Balaban J connectivity index is 1.71. The van der Waals surface area contributed by atoms with Gasteiger partial charge in [0, 0.05) is 19.8 Å². The molecule has 1 atom stereocenters. The number of nitrogens with one attached hydrogen (secondary N) is 1. The molecule has 0 spiro atoms. The van der Waals surface area contributed by atoms with E-state index in [-0.39, 0.29) is 18.2 Å². The lowest BCUT2D eigenvalue weighted by molar-refractivity contribution is -0.144. The van der Waals surface area contributed by atoms with Crippen LogP contribution in [0.5, 0.6) is 5.75 Å². The van der Waals surface area contributed by atoms with Crippen LogP contribution in [-0.4, -0.2) is 53.6 Å². The van der Waals surface area contributed by atoms with Crippen molar-refractivity contribution < 1.29 is 24.2 Å². The smallest absolute Gasteiger partial charge is 0.308 e. The maximum Gasteiger partial charge on any atom is 0.308 e. The summed E-state index contributed by atoms with van der Waals surface area (Å²) in [6.07, 6.45) is 2.98. The lowest BCUT2D eigenvalue weighted by Crippen LogP contribution is -2.39. The third-order valence-corrected chi connectivity index (χ3v) is 4.77. The Morgan fingerprint density at radius 3 is 2.67 bits per heavy atom. The number of benzene rings is 1. The summed E-state index contributed by atoms with van der Waals surface area (Å²) in [5.41, 5.74) is 0.915. The topological polar surface area (TPSA) is 103 Å². The van der Waals surface area contributed by atoms with Crippen LogP contribution in [0.1, 0.15) is 23.3 Å². The molecule has 8 heteroatoms. The van der Waals surface area contributed by atoms with Gasteiger partial charge < -0.3 is 19.9 Å². The minimum absolute atomic E-state index is 0.0136. The molecule has 0 aliphatic carbocycles. The zero-order chi connectivity index (χ0) is 19.2. The Kier molecular flexibility index (Phi) is 6.08. The van der Waals surface area contributed by atoms with Gasteiger partial charge in [-0.05, 0) is 30.9 Å². The van der Waals surface area contributed by atoms with E-state index < -0.39 is 17.8 Å². The normalized spacial score (nSPS) is 15.9. The highest BCUT2D eigenvalue weighted by molar-refractivity contribution is 5.95. The van der Waals surface area contributed by atoms with Gasteiger partial charge in [0.25, 0.3) is 5.91 Å². The largest absolute Gasteiger partial charge is 0.493 e. The molecule has 2 N–H and O–H groups in total. The van der Waals surface area contributed by atoms with Gasteiger partial charge in [0.05, 0.1) is 24.9 Å². The fraction of sp³-hybridized carbons (Fsp3) is 0.421. The van der Waals surface area contributed by atoms with Crippen molar-refractivity contribution in [2.75, 3.05) is 26.9 Å². The molecule has 3 rings (SSSR count). The highest BCUT2D eigenvalue weighted by Gasteiger charge is 2.30. The first-order valence-electron chi connectivity index (χ1n) is 8.88. The first kappa shape index (κ1) is 18.9. The lowest BCUT2D eigenvalue weighted by Gasteiger charge is -2.27. The van der Waals surface area contributed by atoms with E-state index in [4.69, 9.17) is 9.47 Å². The van der Waals surface area contributed by atoms with Crippen molar-refractivity contribution >= 4 is 11.9 Å². The van der Waals surface area contributed by atoms with Crippen LogP contribution in [0.15, 0.2) is 36.5 Å². The number of carboxylic acid groups (broad SMARTS) is 1. The number of rotatable bonds is 7. The molecular weight excluding hydrogens is 350 g/mol. The maximum absolute atomic E-state index is 12.6. The molecule has 0 radical (unpaired) electrons. The van der Waals surface area contributed by atoms with Crippen molar-refractivity contribution in [3.8, 4) is 11.4 Å². The molecule has 27 heavy (non-hydrogen) atoms. The second-order valence-electron chi connectivity index (χ2n) is 6.43. The Bertz CT molecular complexity index is 784. The molecule has 1 unspecified atom stereocenters. The van der Waals surface area contributed by atoms with E-state index in [2.05, 4.69) is 10.4 Å². The highest BCUT2D eigenvalue weighted by Crippen LogP contribution is 2.24. The molecular formula is C19H23N3O5. The first-order valence-corrected chi connectivity index (χ1v) is 8.88. The molecule has 1 aromatic heterocycles. The van der Waals surface area contributed by atoms with Crippen LogP contribution in [0.25, 0.3) is 5.69 Å². The van der Waals surface area contributed by atoms with E-state index in [1.54, 1.807) is 10.9 Å². The Labute approximate surface area is 157 Å². The number of carbonyl (C=O) groups excluding carboxylic acids is 1. The van der Waals surface area contributed by atoms with Gasteiger partial charge in [-0.2, -0.15) is 5.10 Å². The second kappa shape index (κ2) is 8.68. The molecule has 0 bridgehead atoms. The summed E-state index contributed by atoms with van der Waals surface area (Å²) in [5, 5.41) is 16.5. The van der Waals surface area contributed by atoms with Gasteiger partial charge in [-0.25, -0.2) is 4.68 Å². The number of aliphatic carboxylic acids is 1. The quantitative estimate of drug-likeness (QED) is 0.766. The molecule has 1 aromatic carbocycles. The average molecular weight is 373 g/mol. The summed E-state index contributed by atoms with van der Waals surface area (Å²) >= 11 is 0. The zero-order valence-electron chi connectivity index (χ0n) is 15.1. The number of ether oxygens (including phenoxy) is 2. The van der Waals surface area contributed by atoms with E-state index in [9.17, 15) is 14.7 Å². The van der Waals surface area contributed by atoms with Crippen LogP contribution in [0.2, 0.25) is 0 Å². The van der Waals surface area contributed by atoms with Crippen molar-refractivity contribution in [2.45, 2.75) is 12.8 Å². The second-order valence-corrected chi connectivity index (χ2v) is 6.43. The minimum atomic E-state index is -0.913. The van der Waals surface area contributed by atoms with Crippen molar-refractivity contribution in [3.63, 3.8) is 0 Å². The molecule has 1 fully saturated rings. The number of para-hydroxylation sites is 1. The van der Waals surface area contributed by atoms with Crippen LogP contribution in [0.4, 0.5) is 0 Å². The van der Waals surface area contributed by atoms with Crippen LogP contribution < -0.4 is 10.1 Å². The molecule has 1 aliphatic heterocycles. The van der Waals surface area contributed by atoms with Crippen molar-refractivity contribution in [1.29, 1.82) is 0 Å². The summed E-state index contributed by atoms with van der Waals surface area (Å²) in [5.74, 6) is -1.71. The molecule has 2 heterocycles. The highest BCUT2D eigenvalue weighted by atomic mass is 16.5. The number of hydrogen-bond acceptors (Lipinski definition) is 5. The number of hydrogen-bond donors (Lipinski definition) is 2. The molecule has 0 saturated carbocycles. The predicted molar refractivity (Wildman–Crippen MR) is 97.1 cm³/mol. The average Bonchev–Trinajstić information content (AvgIpc) is 3.14. The van der Waals surface area contributed by atoms with Gasteiger partial charge >= 0.3 is 5.97 Å². The summed E-state index contributed by atoms with van der Waals surface area (Å²) in [4.78, 5) is 24.2. The number of amides is 1. The van der Waals surface area contributed by atoms with E-state index >= 15 is 0 Å². The predicted octanol–water partition coefficient (Wildman–Crippen LogP) is 1.74. The van der Waals surface area contributed by atoms with Gasteiger partial charge in [0.15, 0.2) is 11.4 Å². The van der Waals surface area contributed by atoms with Crippen LogP contribution in [0, 0.1) is 11.8 Å². The lowest BCUT2D eigenvalue weighted by atomic mass is 9.86. The standard InChI is InChI=1S/C19H23N3O5/c1-26-16-12-22(14-5-3-2-4-6-14)21-17(16)18(23)20-11-15(19(24)25)13-7-9-27-10-8-13/h2-6,12-13,15H,7-11H2,1H3,(H,20,23)(H,24,25). The summed E-state index contributed by atoms with van der Waals surface area (Å²) < 4.78 is 12.1. The zero-order valence-corrected chi connectivity index (χ0v) is 15.1.